The highest BCUT2D eigenvalue weighted by Crippen LogP contribution is 2.36. The Kier molecular flexibility index (Phi) is 3.79. The SMILES string of the molecule is CC(C)c1nccn1CC1CN(c2cc(C3CCC3)ncn2)C1. The van der Waals surface area contributed by atoms with Crippen molar-refractivity contribution in [2.45, 2.75) is 51.5 Å². The highest BCUT2D eigenvalue weighted by atomic mass is 15.3. The fraction of sp³-hybridized carbons (Fsp3) is 0.611. The lowest BCUT2D eigenvalue weighted by Crippen LogP contribution is -2.49. The lowest BCUT2D eigenvalue weighted by Gasteiger charge is -2.41. The molecule has 23 heavy (non-hydrogen) atoms. The van der Waals surface area contributed by atoms with E-state index in [9.17, 15) is 0 Å². The van der Waals surface area contributed by atoms with Crippen molar-refractivity contribution in [3.63, 3.8) is 0 Å². The van der Waals surface area contributed by atoms with Crippen molar-refractivity contribution < 1.29 is 0 Å². The molecule has 0 N–H and O–H groups in total. The van der Waals surface area contributed by atoms with Crippen molar-refractivity contribution in [2.24, 2.45) is 5.92 Å². The Morgan fingerprint density at radius 2 is 2.00 bits per heavy atom. The van der Waals surface area contributed by atoms with E-state index in [4.69, 9.17) is 0 Å². The first kappa shape index (κ1) is 14.7. The maximum atomic E-state index is 4.48. The van der Waals surface area contributed by atoms with Gasteiger partial charge in [0.1, 0.15) is 18.0 Å². The van der Waals surface area contributed by atoms with Crippen LogP contribution in [0.3, 0.4) is 0 Å². The Labute approximate surface area is 137 Å². The number of imidazole rings is 1. The average molecular weight is 311 g/mol. The standard InChI is InChI=1S/C18H25N5/c1-13(2)18-19-6-7-22(18)9-14-10-23(11-14)17-8-16(20-12-21-17)15-4-3-5-15/h6-8,12-15H,3-5,9-11H2,1-2H3. The van der Waals surface area contributed by atoms with Crippen LogP contribution in [0.15, 0.2) is 24.8 Å². The molecule has 0 amide bonds. The number of rotatable bonds is 5. The van der Waals surface area contributed by atoms with E-state index in [0.717, 1.165) is 25.5 Å². The fourth-order valence-corrected chi connectivity index (χ4v) is 3.59. The Bertz CT molecular complexity index is 668. The third-order valence-electron chi connectivity index (χ3n) is 5.20. The van der Waals surface area contributed by atoms with Crippen molar-refractivity contribution in [2.75, 3.05) is 18.0 Å². The quantitative estimate of drug-likeness (QED) is 0.851. The highest BCUT2D eigenvalue weighted by molar-refractivity contribution is 5.42. The van der Waals surface area contributed by atoms with Crippen molar-refractivity contribution in [3.05, 3.63) is 36.3 Å². The summed E-state index contributed by atoms with van der Waals surface area (Å²) in [4.78, 5) is 15.8. The largest absolute Gasteiger partial charge is 0.356 e. The first-order valence-electron chi connectivity index (χ1n) is 8.78. The second kappa shape index (κ2) is 5.95. The lowest BCUT2D eigenvalue weighted by molar-refractivity contribution is 0.348. The molecule has 0 aromatic carbocycles. The summed E-state index contributed by atoms with van der Waals surface area (Å²) in [5.74, 6) is 4.14. The zero-order valence-electron chi connectivity index (χ0n) is 14.0. The van der Waals surface area contributed by atoms with Crippen LogP contribution in [0.4, 0.5) is 5.82 Å². The molecule has 5 nitrogen and oxygen atoms in total. The summed E-state index contributed by atoms with van der Waals surface area (Å²) in [6.07, 6.45) is 9.69. The molecular formula is C18H25N5. The maximum absolute atomic E-state index is 4.48. The molecule has 1 aliphatic heterocycles. The minimum absolute atomic E-state index is 0.480. The van der Waals surface area contributed by atoms with Gasteiger partial charge in [-0.3, -0.25) is 0 Å². The number of aromatic nitrogens is 4. The average Bonchev–Trinajstić information content (AvgIpc) is 2.89. The van der Waals surface area contributed by atoms with Crippen LogP contribution in [-0.4, -0.2) is 32.6 Å². The zero-order valence-corrected chi connectivity index (χ0v) is 14.0. The van der Waals surface area contributed by atoms with Gasteiger partial charge in [0.05, 0.1) is 0 Å². The molecule has 4 rings (SSSR count). The minimum Gasteiger partial charge on any atom is -0.356 e. The van der Waals surface area contributed by atoms with Gasteiger partial charge in [-0.05, 0) is 12.8 Å². The van der Waals surface area contributed by atoms with Gasteiger partial charge in [0.2, 0.25) is 0 Å². The molecule has 3 heterocycles. The van der Waals surface area contributed by atoms with Crippen molar-refractivity contribution in [1.29, 1.82) is 0 Å². The smallest absolute Gasteiger partial charge is 0.132 e. The molecule has 0 spiro atoms. The number of hydrogen-bond donors (Lipinski definition) is 0. The predicted octanol–water partition coefficient (Wildman–Crippen LogP) is 3.20. The molecule has 0 bridgehead atoms. The van der Waals surface area contributed by atoms with Gasteiger partial charge in [0.15, 0.2) is 0 Å². The zero-order chi connectivity index (χ0) is 15.8. The summed E-state index contributed by atoms with van der Waals surface area (Å²) >= 11 is 0. The predicted molar refractivity (Wildman–Crippen MR) is 90.6 cm³/mol. The van der Waals surface area contributed by atoms with Crippen LogP contribution in [-0.2, 0) is 6.54 Å². The molecule has 0 radical (unpaired) electrons. The van der Waals surface area contributed by atoms with E-state index in [-0.39, 0.29) is 0 Å². The summed E-state index contributed by atoms with van der Waals surface area (Å²) in [6, 6.07) is 2.21. The van der Waals surface area contributed by atoms with Gasteiger partial charge in [0, 0.05) is 61.5 Å². The third-order valence-corrected chi connectivity index (χ3v) is 5.20. The summed E-state index contributed by atoms with van der Waals surface area (Å²) in [5.41, 5.74) is 1.24. The summed E-state index contributed by atoms with van der Waals surface area (Å²) in [6.45, 7) is 7.63. The van der Waals surface area contributed by atoms with Gasteiger partial charge < -0.3 is 9.47 Å². The molecule has 2 aliphatic rings. The monoisotopic (exact) mass is 311 g/mol. The Morgan fingerprint density at radius 3 is 2.70 bits per heavy atom. The minimum atomic E-state index is 0.480. The third kappa shape index (κ3) is 2.84. The van der Waals surface area contributed by atoms with E-state index in [1.54, 1.807) is 6.33 Å². The van der Waals surface area contributed by atoms with Crippen LogP contribution >= 0.6 is 0 Å². The molecule has 122 valence electrons. The van der Waals surface area contributed by atoms with E-state index in [1.165, 1.54) is 30.8 Å². The second-order valence-corrected chi connectivity index (χ2v) is 7.29. The molecule has 0 unspecified atom stereocenters. The van der Waals surface area contributed by atoms with Gasteiger partial charge in [-0.2, -0.15) is 0 Å². The summed E-state index contributed by atoms with van der Waals surface area (Å²) in [5, 5.41) is 0. The maximum Gasteiger partial charge on any atom is 0.132 e. The fourth-order valence-electron chi connectivity index (χ4n) is 3.59. The van der Waals surface area contributed by atoms with E-state index in [0.29, 0.717) is 17.8 Å². The van der Waals surface area contributed by atoms with Crippen molar-refractivity contribution >= 4 is 5.82 Å². The normalized spacial score (nSPS) is 19.0. The number of anilines is 1. The second-order valence-electron chi connectivity index (χ2n) is 7.29. The van der Waals surface area contributed by atoms with E-state index in [2.05, 4.69) is 50.5 Å². The lowest BCUT2D eigenvalue weighted by atomic mass is 9.83. The van der Waals surface area contributed by atoms with E-state index >= 15 is 0 Å². The van der Waals surface area contributed by atoms with Crippen molar-refractivity contribution in [1.82, 2.24) is 19.5 Å². The Balaban J connectivity index is 1.37. The molecule has 5 heteroatoms. The molecule has 2 aromatic heterocycles. The van der Waals surface area contributed by atoms with Gasteiger partial charge in [-0.25, -0.2) is 15.0 Å². The van der Waals surface area contributed by atoms with Gasteiger partial charge in [-0.15, -0.1) is 0 Å². The number of hydrogen-bond acceptors (Lipinski definition) is 4. The molecule has 0 atom stereocenters. The summed E-state index contributed by atoms with van der Waals surface area (Å²) < 4.78 is 2.31. The van der Waals surface area contributed by atoms with Gasteiger partial charge in [-0.1, -0.05) is 20.3 Å². The first-order valence-corrected chi connectivity index (χ1v) is 8.78. The van der Waals surface area contributed by atoms with Crippen LogP contribution in [0.5, 0.6) is 0 Å². The van der Waals surface area contributed by atoms with Crippen LogP contribution in [0.1, 0.15) is 56.5 Å². The van der Waals surface area contributed by atoms with Crippen LogP contribution in [0.25, 0.3) is 0 Å². The van der Waals surface area contributed by atoms with Crippen LogP contribution in [0.2, 0.25) is 0 Å². The van der Waals surface area contributed by atoms with Crippen molar-refractivity contribution in [3.8, 4) is 0 Å². The Hall–Kier alpha value is -1.91. The highest BCUT2D eigenvalue weighted by Gasteiger charge is 2.30. The van der Waals surface area contributed by atoms with Crippen LogP contribution < -0.4 is 4.90 Å². The Morgan fingerprint density at radius 1 is 1.17 bits per heavy atom. The van der Waals surface area contributed by atoms with E-state index in [1.807, 2.05) is 6.20 Å². The van der Waals surface area contributed by atoms with Crippen LogP contribution in [0, 0.1) is 5.92 Å². The molecular weight excluding hydrogens is 286 g/mol. The molecule has 1 aliphatic carbocycles. The first-order chi connectivity index (χ1) is 11.2. The number of nitrogens with zero attached hydrogens (tertiary/aromatic N) is 5. The van der Waals surface area contributed by atoms with Gasteiger partial charge in [0.25, 0.3) is 0 Å². The van der Waals surface area contributed by atoms with E-state index < -0.39 is 0 Å². The molecule has 1 saturated heterocycles. The van der Waals surface area contributed by atoms with Gasteiger partial charge >= 0.3 is 0 Å². The summed E-state index contributed by atoms with van der Waals surface area (Å²) in [7, 11) is 0. The topological polar surface area (TPSA) is 46.8 Å². The molecule has 1 saturated carbocycles. The molecule has 2 aromatic rings. The molecule has 2 fully saturated rings.